The summed E-state index contributed by atoms with van der Waals surface area (Å²) in [6.45, 7) is 0. The molecule has 1 amide bonds. The van der Waals surface area contributed by atoms with Gasteiger partial charge in [0.05, 0.1) is 11.3 Å². The van der Waals surface area contributed by atoms with Gasteiger partial charge < -0.3 is 15.5 Å². The summed E-state index contributed by atoms with van der Waals surface area (Å²) in [6, 6.07) is 10.7. The quantitative estimate of drug-likeness (QED) is 0.884. The molecule has 0 spiro atoms. The first-order valence-corrected chi connectivity index (χ1v) is 10.1. The first-order valence-electron chi connectivity index (χ1n) is 10.1. The first kappa shape index (κ1) is 18.9. The molecule has 0 saturated heterocycles. The van der Waals surface area contributed by atoms with Crippen LogP contribution in [0, 0.1) is 11.8 Å². The maximum absolute atomic E-state index is 13.3. The van der Waals surface area contributed by atoms with E-state index >= 15 is 0 Å². The largest absolute Gasteiger partial charge is 0.368 e. The third-order valence-electron chi connectivity index (χ3n) is 6.65. The molecule has 148 valence electrons. The van der Waals surface area contributed by atoms with Gasteiger partial charge in [-0.3, -0.25) is 4.79 Å². The van der Waals surface area contributed by atoms with E-state index in [0.717, 1.165) is 30.2 Å². The molecule has 0 radical (unpaired) electrons. The van der Waals surface area contributed by atoms with Crippen LogP contribution in [0.5, 0.6) is 0 Å². The van der Waals surface area contributed by atoms with E-state index in [1.54, 1.807) is 6.20 Å². The molecule has 2 aliphatic rings. The van der Waals surface area contributed by atoms with Gasteiger partial charge in [-0.25, -0.2) is 9.97 Å². The maximum atomic E-state index is 13.3. The minimum absolute atomic E-state index is 0.0204. The van der Waals surface area contributed by atoms with Crippen molar-refractivity contribution in [3.05, 3.63) is 42.1 Å². The normalized spacial score (nSPS) is 26.4. The second-order valence-corrected chi connectivity index (χ2v) is 8.51. The highest BCUT2D eigenvalue weighted by molar-refractivity contribution is 5.99. The molecule has 1 aromatic heterocycles. The number of anilines is 1. The van der Waals surface area contributed by atoms with Crippen LogP contribution < -0.4 is 5.73 Å². The van der Waals surface area contributed by atoms with Crippen molar-refractivity contribution in [3.63, 3.8) is 0 Å². The standard InChI is InChI=1S/C22H29N5O/c1-26(2)17-9-15-11-18(12-16(15)10-17)27(3)21(28)19-13-24-22(23)25-20(19)14-7-5-4-6-8-14/h4-8,13,15-18H,9-12H2,1-3H3,(H2,23,24,25)/t15-,16+,17?,18?. The number of hydrogen-bond acceptors (Lipinski definition) is 5. The number of benzene rings is 1. The van der Waals surface area contributed by atoms with Crippen molar-refractivity contribution in [1.29, 1.82) is 0 Å². The van der Waals surface area contributed by atoms with Crippen molar-refractivity contribution in [2.24, 2.45) is 11.8 Å². The summed E-state index contributed by atoms with van der Waals surface area (Å²) < 4.78 is 0. The number of amides is 1. The first-order chi connectivity index (χ1) is 13.4. The van der Waals surface area contributed by atoms with Crippen LogP contribution in [0.25, 0.3) is 11.3 Å². The Hall–Kier alpha value is -2.47. The van der Waals surface area contributed by atoms with Crippen molar-refractivity contribution in [2.45, 2.75) is 37.8 Å². The van der Waals surface area contributed by atoms with E-state index in [0.29, 0.717) is 17.3 Å². The molecule has 1 aromatic carbocycles. The minimum Gasteiger partial charge on any atom is -0.368 e. The summed E-state index contributed by atoms with van der Waals surface area (Å²) in [6.07, 6.45) is 6.25. The highest BCUT2D eigenvalue weighted by Gasteiger charge is 2.44. The van der Waals surface area contributed by atoms with Gasteiger partial charge in [-0.15, -0.1) is 0 Å². The number of fused-ring (bicyclic) bond motifs is 1. The lowest BCUT2D eigenvalue weighted by atomic mass is 10.0. The number of carbonyl (C=O) groups excluding carboxylic acids is 1. The molecule has 0 bridgehead atoms. The van der Waals surface area contributed by atoms with Crippen LogP contribution in [-0.2, 0) is 0 Å². The van der Waals surface area contributed by atoms with E-state index in [4.69, 9.17) is 5.73 Å². The number of nitrogens with zero attached hydrogens (tertiary/aromatic N) is 4. The van der Waals surface area contributed by atoms with Gasteiger partial charge in [0.25, 0.3) is 5.91 Å². The molecule has 4 rings (SSSR count). The molecular weight excluding hydrogens is 350 g/mol. The second kappa shape index (κ2) is 7.51. The Kier molecular flexibility index (Phi) is 5.06. The van der Waals surface area contributed by atoms with E-state index in [1.165, 1.54) is 12.8 Å². The van der Waals surface area contributed by atoms with Crippen LogP contribution >= 0.6 is 0 Å². The molecule has 1 heterocycles. The van der Waals surface area contributed by atoms with Crippen LogP contribution in [0.3, 0.4) is 0 Å². The van der Waals surface area contributed by atoms with Crippen LogP contribution in [0.15, 0.2) is 36.5 Å². The zero-order chi connectivity index (χ0) is 19.8. The zero-order valence-corrected chi connectivity index (χ0v) is 16.9. The molecule has 2 fully saturated rings. The third kappa shape index (κ3) is 3.49. The molecule has 6 nitrogen and oxygen atoms in total. The van der Waals surface area contributed by atoms with E-state index < -0.39 is 0 Å². The monoisotopic (exact) mass is 379 g/mol. The summed E-state index contributed by atoms with van der Waals surface area (Å²) >= 11 is 0. The van der Waals surface area contributed by atoms with Crippen LogP contribution in [0.4, 0.5) is 5.95 Å². The predicted octanol–water partition coefficient (Wildman–Crippen LogP) is 2.92. The molecule has 2 aromatic rings. The summed E-state index contributed by atoms with van der Waals surface area (Å²) in [7, 11) is 6.26. The van der Waals surface area contributed by atoms with Gasteiger partial charge in [-0.2, -0.15) is 0 Å². The molecule has 2 unspecified atom stereocenters. The lowest BCUT2D eigenvalue weighted by Gasteiger charge is -2.27. The van der Waals surface area contributed by atoms with Crippen molar-refractivity contribution in [3.8, 4) is 11.3 Å². The number of rotatable bonds is 4. The topological polar surface area (TPSA) is 75.3 Å². The number of aromatic nitrogens is 2. The average molecular weight is 380 g/mol. The summed E-state index contributed by atoms with van der Waals surface area (Å²) in [5.74, 6) is 1.61. The third-order valence-corrected chi connectivity index (χ3v) is 6.65. The fourth-order valence-electron chi connectivity index (χ4n) is 5.01. The van der Waals surface area contributed by atoms with Crippen molar-refractivity contribution in [1.82, 2.24) is 19.8 Å². The van der Waals surface area contributed by atoms with Gasteiger partial charge in [0.1, 0.15) is 0 Å². The van der Waals surface area contributed by atoms with Gasteiger partial charge in [0.15, 0.2) is 0 Å². The van der Waals surface area contributed by atoms with Gasteiger partial charge in [0, 0.05) is 30.9 Å². The van der Waals surface area contributed by atoms with E-state index in [2.05, 4.69) is 29.0 Å². The number of nitrogen functional groups attached to an aromatic ring is 1. The fraction of sp³-hybridized carbons (Fsp3) is 0.500. The Morgan fingerprint density at radius 2 is 1.61 bits per heavy atom. The van der Waals surface area contributed by atoms with Crippen LogP contribution in [0.1, 0.15) is 36.0 Å². The lowest BCUT2D eigenvalue weighted by Crippen LogP contribution is -2.37. The lowest BCUT2D eigenvalue weighted by molar-refractivity contribution is 0.0726. The molecule has 2 saturated carbocycles. The molecule has 4 atom stereocenters. The van der Waals surface area contributed by atoms with Gasteiger partial charge in [-0.05, 0) is 51.6 Å². The summed E-state index contributed by atoms with van der Waals surface area (Å²) in [5, 5.41) is 0. The fourth-order valence-corrected chi connectivity index (χ4v) is 5.01. The van der Waals surface area contributed by atoms with E-state index in [1.807, 2.05) is 42.3 Å². The number of carbonyl (C=O) groups is 1. The minimum atomic E-state index is -0.0204. The van der Waals surface area contributed by atoms with Gasteiger partial charge in [0.2, 0.25) is 5.95 Å². The Morgan fingerprint density at radius 3 is 2.21 bits per heavy atom. The SMILES string of the molecule is CN(C)C1C[C@@H]2CC(N(C)C(=O)c3cnc(N)nc3-c3ccccc3)C[C@@H]2C1. The highest BCUT2D eigenvalue weighted by atomic mass is 16.2. The maximum Gasteiger partial charge on any atom is 0.257 e. The van der Waals surface area contributed by atoms with Crippen molar-refractivity contribution in [2.75, 3.05) is 26.9 Å². The van der Waals surface area contributed by atoms with E-state index in [-0.39, 0.29) is 17.9 Å². The molecule has 28 heavy (non-hydrogen) atoms. The number of nitrogens with two attached hydrogens (primary N) is 1. The Bertz CT molecular complexity index is 839. The Labute approximate surface area is 166 Å². The number of hydrogen-bond donors (Lipinski definition) is 1. The second-order valence-electron chi connectivity index (χ2n) is 8.51. The Morgan fingerprint density at radius 1 is 1.00 bits per heavy atom. The van der Waals surface area contributed by atoms with Gasteiger partial charge in [-0.1, -0.05) is 30.3 Å². The smallest absolute Gasteiger partial charge is 0.257 e. The van der Waals surface area contributed by atoms with Gasteiger partial charge >= 0.3 is 0 Å². The van der Waals surface area contributed by atoms with Crippen molar-refractivity contribution < 1.29 is 4.79 Å². The molecule has 2 aliphatic carbocycles. The van der Waals surface area contributed by atoms with Crippen LogP contribution in [0.2, 0.25) is 0 Å². The predicted molar refractivity (Wildman–Crippen MR) is 111 cm³/mol. The van der Waals surface area contributed by atoms with Crippen LogP contribution in [-0.4, -0.2) is 58.9 Å². The Balaban J connectivity index is 1.53. The molecule has 0 aliphatic heterocycles. The summed E-state index contributed by atoms with van der Waals surface area (Å²) in [5.41, 5.74) is 7.82. The molecular formula is C22H29N5O. The highest BCUT2D eigenvalue weighted by Crippen LogP contribution is 2.46. The zero-order valence-electron chi connectivity index (χ0n) is 16.9. The molecule has 2 N–H and O–H groups in total. The summed E-state index contributed by atoms with van der Waals surface area (Å²) in [4.78, 5) is 26.0. The molecule has 6 heteroatoms. The average Bonchev–Trinajstić information content (AvgIpc) is 3.27. The van der Waals surface area contributed by atoms with E-state index in [9.17, 15) is 4.79 Å². The van der Waals surface area contributed by atoms with Crippen molar-refractivity contribution >= 4 is 11.9 Å².